The van der Waals surface area contributed by atoms with Gasteiger partial charge < -0.3 is 15.6 Å². The van der Waals surface area contributed by atoms with E-state index < -0.39 is 0 Å². The number of anilines is 1. The van der Waals surface area contributed by atoms with Crippen molar-refractivity contribution in [3.05, 3.63) is 12.4 Å². The predicted octanol–water partition coefficient (Wildman–Crippen LogP) is 0.817. The monoisotopic (exact) mass is 182 g/mol. The van der Waals surface area contributed by atoms with Crippen molar-refractivity contribution < 1.29 is 0 Å². The van der Waals surface area contributed by atoms with Gasteiger partial charge in [-0.2, -0.15) is 0 Å². The summed E-state index contributed by atoms with van der Waals surface area (Å²) >= 11 is 0. The van der Waals surface area contributed by atoms with Gasteiger partial charge in [-0.1, -0.05) is 6.92 Å². The Hall–Kier alpha value is -1.03. The molecule has 1 atom stereocenters. The highest BCUT2D eigenvalue weighted by Crippen LogP contribution is 2.04. The average molecular weight is 182 g/mol. The fourth-order valence-electron chi connectivity index (χ4n) is 1.19. The lowest BCUT2D eigenvalue weighted by atomic mass is 10.1. The Bertz CT molecular complexity index is 244. The third-order valence-corrected chi connectivity index (χ3v) is 2.09. The number of nitrogens with zero attached hydrogens (tertiary/aromatic N) is 2. The fraction of sp³-hybridized carbons (Fsp3) is 0.667. The van der Waals surface area contributed by atoms with Crippen LogP contribution in [0, 0.1) is 5.92 Å². The van der Waals surface area contributed by atoms with Gasteiger partial charge in [0.05, 0.1) is 0 Å². The predicted molar refractivity (Wildman–Crippen MR) is 54.5 cm³/mol. The zero-order valence-corrected chi connectivity index (χ0v) is 8.33. The lowest BCUT2D eigenvalue weighted by Gasteiger charge is -2.11. The van der Waals surface area contributed by atoms with Gasteiger partial charge in [0.2, 0.25) is 5.95 Å². The second kappa shape index (κ2) is 4.87. The van der Waals surface area contributed by atoms with Crippen molar-refractivity contribution in [1.29, 1.82) is 0 Å². The molecule has 0 fully saturated rings. The van der Waals surface area contributed by atoms with Crippen molar-refractivity contribution in [2.45, 2.75) is 13.3 Å². The quantitative estimate of drug-likeness (QED) is 0.708. The minimum atomic E-state index is 0.599. The lowest BCUT2D eigenvalue weighted by Crippen LogP contribution is -2.16. The van der Waals surface area contributed by atoms with Gasteiger partial charge in [-0.25, -0.2) is 4.98 Å². The van der Waals surface area contributed by atoms with Crippen molar-refractivity contribution >= 4 is 5.95 Å². The number of hydrogen-bond donors (Lipinski definition) is 2. The first-order chi connectivity index (χ1) is 6.24. The Labute approximate surface area is 79.1 Å². The maximum atomic E-state index is 5.46. The Morgan fingerprint density at radius 3 is 3.00 bits per heavy atom. The van der Waals surface area contributed by atoms with E-state index in [1.807, 2.05) is 17.8 Å². The van der Waals surface area contributed by atoms with Crippen LogP contribution in [0.1, 0.15) is 13.3 Å². The molecule has 1 heterocycles. The highest BCUT2D eigenvalue weighted by atomic mass is 15.2. The molecule has 1 unspecified atom stereocenters. The summed E-state index contributed by atoms with van der Waals surface area (Å²) in [5.41, 5.74) is 5.46. The molecule has 0 radical (unpaired) electrons. The fourth-order valence-corrected chi connectivity index (χ4v) is 1.19. The molecule has 0 aliphatic heterocycles. The van der Waals surface area contributed by atoms with Crippen LogP contribution in [-0.2, 0) is 7.05 Å². The van der Waals surface area contributed by atoms with Crippen LogP contribution in [0.25, 0.3) is 0 Å². The summed E-state index contributed by atoms with van der Waals surface area (Å²) in [5.74, 6) is 1.52. The van der Waals surface area contributed by atoms with E-state index in [9.17, 15) is 0 Å². The molecule has 0 bridgehead atoms. The number of nitrogens with one attached hydrogen (secondary N) is 1. The second-order valence-corrected chi connectivity index (χ2v) is 3.43. The van der Waals surface area contributed by atoms with E-state index in [0.717, 1.165) is 25.5 Å². The Morgan fingerprint density at radius 2 is 2.46 bits per heavy atom. The largest absolute Gasteiger partial charge is 0.355 e. The highest BCUT2D eigenvalue weighted by Gasteiger charge is 2.02. The van der Waals surface area contributed by atoms with Crippen LogP contribution >= 0.6 is 0 Å². The van der Waals surface area contributed by atoms with Gasteiger partial charge >= 0.3 is 0 Å². The summed E-state index contributed by atoms with van der Waals surface area (Å²) in [4.78, 5) is 4.17. The topological polar surface area (TPSA) is 55.9 Å². The normalized spacial score (nSPS) is 12.8. The number of aromatic nitrogens is 2. The molecular weight excluding hydrogens is 164 g/mol. The van der Waals surface area contributed by atoms with Gasteiger partial charge in [0, 0.05) is 26.0 Å². The Kier molecular flexibility index (Phi) is 3.76. The molecule has 4 nitrogen and oxygen atoms in total. The van der Waals surface area contributed by atoms with Crippen molar-refractivity contribution in [1.82, 2.24) is 9.55 Å². The van der Waals surface area contributed by atoms with Gasteiger partial charge in [-0.15, -0.1) is 0 Å². The van der Waals surface area contributed by atoms with Gasteiger partial charge in [0.15, 0.2) is 0 Å². The zero-order chi connectivity index (χ0) is 9.68. The summed E-state index contributed by atoms with van der Waals surface area (Å²) < 4.78 is 1.97. The molecule has 0 saturated carbocycles. The van der Waals surface area contributed by atoms with Crippen LogP contribution in [0.3, 0.4) is 0 Å². The van der Waals surface area contributed by atoms with Crippen LogP contribution in [-0.4, -0.2) is 22.6 Å². The van der Waals surface area contributed by atoms with E-state index in [0.29, 0.717) is 5.92 Å². The minimum Gasteiger partial charge on any atom is -0.355 e. The van der Waals surface area contributed by atoms with E-state index in [-0.39, 0.29) is 0 Å². The molecular formula is C9H18N4. The molecule has 0 amide bonds. The number of imidazole rings is 1. The van der Waals surface area contributed by atoms with Crippen LogP contribution in [0.5, 0.6) is 0 Å². The molecule has 74 valence electrons. The van der Waals surface area contributed by atoms with Gasteiger partial charge in [0.25, 0.3) is 0 Å². The number of nitrogens with two attached hydrogens (primary N) is 1. The van der Waals surface area contributed by atoms with E-state index in [2.05, 4.69) is 17.2 Å². The smallest absolute Gasteiger partial charge is 0.202 e. The van der Waals surface area contributed by atoms with Crippen LogP contribution in [0.15, 0.2) is 12.4 Å². The van der Waals surface area contributed by atoms with E-state index in [4.69, 9.17) is 5.73 Å². The Morgan fingerprint density at radius 1 is 1.69 bits per heavy atom. The third-order valence-electron chi connectivity index (χ3n) is 2.09. The number of hydrogen-bond acceptors (Lipinski definition) is 3. The molecule has 4 heteroatoms. The van der Waals surface area contributed by atoms with Crippen molar-refractivity contribution in [3.63, 3.8) is 0 Å². The molecule has 13 heavy (non-hydrogen) atoms. The number of aryl methyl sites for hydroxylation is 1. The highest BCUT2D eigenvalue weighted by molar-refractivity contribution is 5.24. The minimum absolute atomic E-state index is 0.599. The standard InChI is InChI=1S/C9H18N4/c1-8(3-4-10)7-12-9-11-5-6-13(9)2/h5-6,8H,3-4,7,10H2,1-2H3,(H,11,12). The van der Waals surface area contributed by atoms with Crippen LogP contribution in [0.4, 0.5) is 5.95 Å². The maximum absolute atomic E-state index is 5.46. The molecule has 1 aromatic heterocycles. The van der Waals surface area contributed by atoms with E-state index in [1.54, 1.807) is 6.20 Å². The maximum Gasteiger partial charge on any atom is 0.202 e. The zero-order valence-electron chi connectivity index (χ0n) is 8.33. The van der Waals surface area contributed by atoms with Gasteiger partial charge in [-0.3, -0.25) is 0 Å². The van der Waals surface area contributed by atoms with Crippen molar-refractivity contribution in [2.24, 2.45) is 18.7 Å². The van der Waals surface area contributed by atoms with Crippen molar-refractivity contribution in [3.8, 4) is 0 Å². The first kappa shape index (κ1) is 10.1. The van der Waals surface area contributed by atoms with E-state index in [1.165, 1.54) is 0 Å². The summed E-state index contributed by atoms with van der Waals surface area (Å²) in [6, 6.07) is 0. The molecule has 3 N–H and O–H groups in total. The molecule has 0 aromatic carbocycles. The lowest BCUT2D eigenvalue weighted by molar-refractivity contribution is 0.565. The summed E-state index contributed by atoms with van der Waals surface area (Å²) in [7, 11) is 1.98. The molecule has 0 aliphatic rings. The van der Waals surface area contributed by atoms with E-state index >= 15 is 0 Å². The van der Waals surface area contributed by atoms with Crippen LogP contribution < -0.4 is 11.1 Å². The first-order valence-electron chi connectivity index (χ1n) is 4.65. The summed E-state index contributed by atoms with van der Waals surface area (Å²) in [6.45, 7) is 3.87. The average Bonchev–Trinajstić information content (AvgIpc) is 2.48. The third kappa shape index (κ3) is 3.06. The summed E-state index contributed by atoms with van der Waals surface area (Å²) in [6.07, 6.45) is 4.77. The van der Waals surface area contributed by atoms with Crippen LogP contribution in [0.2, 0.25) is 0 Å². The van der Waals surface area contributed by atoms with Gasteiger partial charge in [-0.05, 0) is 18.9 Å². The second-order valence-electron chi connectivity index (χ2n) is 3.43. The molecule has 0 saturated heterocycles. The van der Waals surface area contributed by atoms with Gasteiger partial charge in [0.1, 0.15) is 0 Å². The number of rotatable bonds is 5. The SMILES string of the molecule is CC(CCN)CNc1nccn1C. The van der Waals surface area contributed by atoms with Crippen molar-refractivity contribution in [2.75, 3.05) is 18.4 Å². The summed E-state index contributed by atoms with van der Waals surface area (Å²) in [5, 5.41) is 3.27. The Balaban J connectivity index is 2.30. The first-order valence-corrected chi connectivity index (χ1v) is 4.65. The molecule has 0 aliphatic carbocycles. The molecule has 0 spiro atoms. The molecule has 1 aromatic rings. The molecule has 1 rings (SSSR count).